The Morgan fingerprint density at radius 3 is 2.04 bits per heavy atom. The van der Waals surface area contributed by atoms with Crippen molar-refractivity contribution >= 4 is 11.9 Å². The molecule has 0 saturated carbocycles. The molecule has 3 aromatic rings. The summed E-state index contributed by atoms with van der Waals surface area (Å²) >= 11 is 0. The van der Waals surface area contributed by atoms with Crippen LogP contribution in [0.2, 0.25) is 0 Å². The molecule has 0 N–H and O–H groups in total. The SMILES string of the molecule is CCn1c(C)cc(C=Nc2ccc(Oc3ccc(OC)cc3)cc2)c1C. The van der Waals surface area contributed by atoms with E-state index in [0.717, 1.165) is 35.0 Å². The topological polar surface area (TPSA) is 35.8 Å². The number of aromatic nitrogens is 1. The predicted octanol–water partition coefficient (Wildman–Crippen LogP) is 5.68. The van der Waals surface area contributed by atoms with Gasteiger partial charge in [0.05, 0.1) is 12.8 Å². The van der Waals surface area contributed by atoms with E-state index in [-0.39, 0.29) is 0 Å². The fraction of sp³-hybridized carbons (Fsp3) is 0.227. The minimum atomic E-state index is 0.772. The first-order chi connectivity index (χ1) is 12.6. The molecule has 0 radical (unpaired) electrons. The normalized spacial score (nSPS) is 11.1. The van der Waals surface area contributed by atoms with Crippen molar-refractivity contribution in [3.8, 4) is 17.2 Å². The number of benzene rings is 2. The van der Waals surface area contributed by atoms with Crippen LogP contribution in [0.3, 0.4) is 0 Å². The zero-order valence-electron chi connectivity index (χ0n) is 15.7. The molecule has 0 aliphatic rings. The molecule has 0 amide bonds. The summed E-state index contributed by atoms with van der Waals surface area (Å²) in [6.45, 7) is 7.38. The van der Waals surface area contributed by atoms with E-state index in [9.17, 15) is 0 Å². The molecule has 0 atom stereocenters. The molecule has 2 aromatic carbocycles. The number of ether oxygens (including phenoxy) is 2. The van der Waals surface area contributed by atoms with E-state index in [1.54, 1.807) is 7.11 Å². The number of aliphatic imine (C=N–C) groups is 1. The van der Waals surface area contributed by atoms with Crippen molar-refractivity contribution in [2.45, 2.75) is 27.3 Å². The van der Waals surface area contributed by atoms with E-state index in [2.05, 4.69) is 36.4 Å². The molecular formula is C22H24N2O2. The van der Waals surface area contributed by atoms with E-state index in [1.807, 2.05) is 54.7 Å². The standard InChI is InChI=1S/C22H24N2O2/c1-5-24-16(2)14-18(17(24)3)15-23-19-6-8-21(9-7-19)26-22-12-10-20(25-4)11-13-22/h6-15H,5H2,1-4H3. The summed E-state index contributed by atoms with van der Waals surface area (Å²) in [5.74, 6) is 2.36. The summed E-state index contributed by atoms with van der Waals surface area (Å²) in [6.07, 6.45) is 1.92. The highest BCUT2D eigenvalue weighted by Crippen LogP contribution is 2.26. The Balaban J connectivity index is 1.69. The molecule has 1 aromatic heterocycles. The molecule has 3 rings (SSSR count). The van der Waals surface area contributed by atoms with Gasteiger partial charge in [0, 0.05) is 29.7 Å². The Kier molecular flexibility index (Phi) is 5.42. The van der Waals surface area contributed by atoms with Gasteiger partial charge in [-0.1, -0.05) is 0 Å². The Morgan fingerprint density at radius 2 is 1.50 bits per heavy atom. The van der Waals surface area contributed by atoms with Gasteiger partial charge >= 0.3 is 0 Å². The molecule has 4 heteroatoms. The second-order valence-electron chi connectivity index (χ2n) is 6.10. The van der Waals surface area contributed by atoms with Crippen molar-refractivity contribution in [3.05, 3.63) is 71.5 Å². The summed E-state index contributed by atoms with van der Waals surface area (Å²) in [7, 11) is 1.65. The van der Waals surface area contributed by atoms with Gasteiger partial charge < -0.3 is 14.0 Å². The maximum absolute atomic E-state index is 5.84. The number of rotatable bonds is 6. The summed E-state index contributed by atoms with van der Waals surface area (Å²) in [4.78, 5) is 4.59. The molecule has 0 bridgehead atoms. The minimum Gasteiger partial charge on any atom is -0.497 e. The van der Waals surface area contributed by atoms with Gasteiger partial charge in [-0.25, -0.2) is 0 Å². The summed E-state index contributed by atoms with van der Waals surface area (Å²) in [6, 6.07) is 17.4. The van der Waals surface area contributed by atoms with Crippen LogP contribution in [0.5, 0.6) is 17.2 Å². The fourth-order valence-corrected chi connectivity index (χ4v) is 2.97. The maximum atomic E-state index is 5.84. The van der Waals surface area contributed by atoms with Gasteiger partial charge in [0.25, 0.3) is 0 Å². The Morgan fingerprint density at radius 1 is 0.923 bits per heavy atom. The van der Waals surface area contributed by atoms with Crippen molar-refractivity contribution in [1.82, 2.24) is 4.57 Å². The number of aryl methyl sites for hydroxylation is 1. The van der Waals surface area contributed by atoms with Gasteiger partial charge in [-0.2, -0.15) is 0 Å². The van der Waals surface area contributed by atoms with Crippen LogP contribution in [0.1, 0.15) is 23.9 Å². The molecule has 0 aliphatic carbocycles. The minimum absolute atomic E-state index is 0.772. The van der Waals surface area contributed by atoms with Gasteiger partial charge in [-0.05, 0) is 75.4 Å². The molecule has 134 valence electrons. The average Bonchev–Trinajstić information content (AvgIpc) is 2.94. The Labute approximate surface area is 154 Å². The first-order valence-electron chi connectivity index (χ1n) is 8.73. The Hall–Kier alpha value is -3.01. The van der Waals surface area contributed by atoms with Crippen molar-refractivity contribution in [2.75, 3.05) is 7.11 Å². The summed E-state index contributed by atoms with van der Waals surface area (Å²) < 4.78 is 13.3. The van der Waals surface area contributed by atoms with Crippen molar-refractivity contribution in [1.29, 1.82) is 0 Å². The number of nitrogens with zero attached hydrogens (tertiary/aromatic N) is 2. The molecule has 26 heavy (non-hydrogen) atoms. The lowest BCUT2D eigenvalue weighted by atomic mass is 10.2. The third kappa shape index (κ3) is 3.97. The molecule has 1 heterocycles. The van der Waals surface area contributed by atoms with Gasteiger partial charge in [-0.3, -0.25) is 4.99 Å². The van der Waals surface area contributed by atoms with Gasteiger partial charge in [-0.15, -0.1) is 0 Å². The highest BCUT2D eigenvalue weighted by atomic mass is 16.5. The molecular weight excluding hydrogens is 324 g/mol. The van der Waals surface area contributed by atoms with Crippen molar-refractivity contribution < 1.29 is 9.47 Å². The maximum Gasteiger partial charge on any atom is 0.127 e. The lowest BCUT2D eigenvalue weighted by Crippen LogP contribution is -1.99. The van der Waals surface area contributed by atoms with E-state index in [1.165, 1.54) is 11.4 Å². The third-order valence-corrected chi connectivity index (χ3v) is 4.41. The van der Waals surface area contributed by atoms with Crippen LogP contribution in [0, 0.1) is 13.8 Å². The second-order valence-corrected chi connectivity index (χ2v) is 6.10. The summed E-state index contributed by atoms with van der Waals surface area (Å²) in [5.41, 5.74) is 4.55. The first kappa shape index (κ1) is 17.8. The third-order valence-electron chi connectivity index (χ3n) is 4.41. The second kappa shape index (κ2) is 7.91. The first-order valence-corrected chi connectivity index (χ1v) is 8.73. The van der Waals surface area contributed by atoms with Crippen LogP contribution in [0.25, 0.3) is 0 Å². The van der Waals surface area contributed by atoms with Gasteiger partial charge in [0.1, 0.15) is 17.2 Å². The predicted molar refractivity (Wildman–Crippen MR) is 106 cm³/mol. The smallest absolute Gasteiger partial charge is 0.127 e. The van der Waals surface area contributed by atoms with Gasteiger partial charge in [0.15, 0.2) is 0 Å². The number of methoxy groups -OCH3 is 1. The quantitative estimate of drug-likeness (QED) is 0.538. The van der Waals surface area contributed by atoms with Crippen molar-refractivity contribution in [2.24, 2.45) is 4.99 Å². The number of hydrogen-bond acceptors (Lipinski definition) is 3. The van der Waals surface area contributed by atoms with E-state index < -0.39 is 0 Å². The van der Waals surface area contributed by atoms with Gasteiger partial charge in [0.2, 0.25) is 0 Å². The van der Waals surface area contributed by atoms with Crippen LogP contribution in [-0.2, 0) is 6.54 Å². The zero-order chi connectivity index (χ0) is 18.5. The van der Waals surface area contributed by atoms with Crippen LogP contribution < -0.4 is 9.47 Å². The van der Waals surface area contributed by atoms with Crippen LogP contribution in [0.15, 0.2) is 59.6 Å². The van der Waals surface area contributed by atoms with Crippen LogP contribution >= 0.6 is 0 Å². The van der Waals surface area contributed by atoms with E-state index >= 15 is 0 Å². The molecule has 0 spiro atoms. The highest BCUT2D eigenvalue weighted by molar-refractivity contribution is 5.83. The van der Waals surface area contributed by atoms with Crippen LogP contribution in [-0.4, -0.2) is 17.9 Å². The molecule has 0 saturated heterocycles. The van der Waals surface area contributed by atoms with Crippen LogP contribution in [0.4, 0.5) is 5.69 Å². The Bertz CT molecular complexity index is 891. The fourth-order valence-electron chi connectivity index (χ4n) is 2.97. The lowest BCUT2D eigenvalue weighted by Gasteiger charge is -2.06. The molecule has 4 nitrogen and oxygen atoms in total. The van der Waals surface area contributed by atoms with E-state index in [4.69, 9.17) is 9.47 Å². The highest BCUT2D eigenvalue weighted by Gasteiger charge is 2.05. The van der Waals surface area contributed by atoms with E-state index in [0.29, 0.717) is 0 Å². The molecule has 0 fully saturated rings. The van der Waals surface area contributed by atoms with Crippen molar-refractivity contribution in [3.63, 3.8) is 0 Å². The monoisotopic (exact) mass is 348 g/mol. The summed E-state index contributed by atoms with van der Waals surface area (Å²) in [5, 5.41) is 0. The zero-order valence-corrected chi connectivity index (χ0v) is 15.7. The average molecular weight is 348 g/mol. The number of hydrogen-bond donors (Lipinski definition) is 0. The molecule has 0 aliphatic heterocycles. The molecule has 0 unspecified atom stereocenters. The largest absolute Gasteiger partial charge is 0.497 e. The lowest BCUT2D eigenvalue weighted by molar-refractivity contribution is 0.413.